The minimum Gasteiger partial charge on any atom is -0.473 e. The number of piperidine rings is 1. The molecule has 0 bridgehead atoms. The Morgan fingerprint density at radius 3 is 2.33 bits per heavy atom. The zero-order valence-corrected chi connectivity index (χ0v) is 21.4. The predicted molar refractivity (Wildman–Crippen MR) is 135 cm³/mol. The lowest BCUT2D eigenvalue weighted by Gasteiger charge is -2.33. The second-order valence-corrected chi connectivity index (χ2v) is 12.0. The molecule has 0 atom stereocenters. The number of nitro groups is 1. The van der Waals surface area contributed by atoms with Crippen molar-refractivity contribution in [3.8, 4) is 17.0 Å². The first kappa shape index (κ1) is 26.1. The van der Waals surface area contributed by atoms with Crippen LogP contribution in [0, 0.1) is 22.0 Å². The summed E-state index contributed by atoms with van der Waals surface area (Å²) in [6, 6.07) is 7.52. The van der Waals surface area contributed by atoms with E-state index in [-0.39, 0.29) is 28.3 Å². The molecule has 2 fully saturated rings. The van der Waals surface area contributed by atoms with Gasteiger partial charge in [-0.2, -0.15) is 0 Å². The molecule has 1 saturated heterocycles. The molecule has 0 unspecified atom stereocenters. The van der Waals surface area contributed by atoms with Crippen molar-refractivity contribution in [2.45, 2.75) is 56.3 Å². The molecule has 2 heterocycles. The van der Waals surface area contributed by atoms with Crippen LogP contribution in [0.2, 0.25) is 0 Å². The van der Waals surface area contributed by atoms with E-state index in [1.807, 2.05) is 4.90 Å². The Balaban J connectivity index is 1.33. The summed E-state index contributed by atoms with van der Waals surface area (Å²) < 4.78 is 29.1. The molecule has 2 aromatic rings. The molecule has 0 spiro atoms. The highest BCUT2D eigenvalue weighted by Gasteiger charge is 2.27. The molecule has 194 valence electrons. The molecule has 1 saturated carbocycles. The normalized spacial score (nSPS) is 17.6. The van der Waals surface area contributed by atoms with E-state index in [2.05, 4.69) is 4.98 Å². The zero-order chi connectivity index (χ0) is 25.7. The number of amides is 1. The molecule has 2 aliphatic rings. The third-order valence-corrected chi connectivity index (χ3v) is 8.38. The molecule has 1 amide bonds. The van der Waals surface area contributed by atoms with Gasteiger partial charge in [-0.05, 0) is 55.2 Å². The molecule has 1 aliphatic heterocycles. The number of nitrogens with zero attached hydrogens (tertiary/aromatic N) is 3. The summed E-state index contributed by atoms with van der Waals surface area (Å²) >= 11 is 0. The van der Waals surface area contributed by atoms with Crippen molar-refractivity contribution in [3.63, 3.8) is 0 Å². The molecule has 0 radical (unpaired) electrons. The van der Waals surface area contributed by atoms with Gasteiger partial charge in [-0.3, -0.25) is 14.9 Å². The van der Waals surface area contributed by atoms with Crippen molar-refractivity contribution < 1.29 is 22.9 Å². The zero-order valence-electron chi connectivity index (χ0n) is 20.6. The van der Waals surface area contributed by atoms with Gasteiger partial charge in [-0.1, -0.05) is 31.4 Å². The van der Waals surface area contributed by atoms with Crippen molar-refractivity contribution >= 4 is 21.4 Å². The van der Waals surface area contributed by atoms with Gasteiger partial charge in [0.25, 0.3) is 5.88 Å². The molecule has 1 aliphatic carbocycles. The van der Waals surface area contributed by atoms with E-state index in [9.17, 15) is 23.3 Å². The summed E-state index contributed by atoms with van der Waals surface area (Å²) in [7, 11) is -3.33. The molecular weight excluding hydrogens is 482 g/mol. The van der Waals surface area contributed by atoms with E-state index in [1.165, 1.54) is 43.7 Å². The van der Waals surface area contributed by atoms with Crippen LogP contribution in [-0.4, -0.2) is 55.1 Å². The molecule has 9 nitrogen and oxygen atoms in total. The van der Waals surface area contributed by atoms with Crippen LogP contribution in [0.4, 0.5) is 5.69 Å². The number of pyridine rings is 1. The van der Waals surface area contributed by atoms with Crippen molar-refractivity contribution in [3.05, 3.63) is 46.6 Å². The van der Waals surface area contributed by atoms with Crippen LogP contribution in [0.5, 0.6) is 5.88 Å². The van der Waals surface area contributed by atoms with Gasteiger partial charge in [0.1, 0.15) is 0 Å². The van der Waals surface area contributed by atoms with Crippen LogP contribution in [0.15, 0.2) is 41.4 Å². The van der Waals surface area contributed by atoms with E-state index >= 15 is 0 Å². The predicted octanol–water partition coefficient (Wildman–Crippen LogP) is 4.65. The average Bonchev–Trinajstić information content (AvgIpc) is 2.88. The first-order chi connectivity index (χ1) is 17.2. The van der Waals surface area contributed by atoms with Crippen molar-refractivity contribution in [2.24, 2.45) is 11.8 Å². The number of benzene rings is 1. The molecule has 1 aromatic heterocycles. The van der Waals surface area contributed by atoms with E-state index in [4.69, 9.17) is 4.74 Å². The van der Waals surface area contributed by atoms with Gasteiger partial charge >= 0.3 is 5.69 Å². The number of carbonyl (C=O) groups is 1. The Morgan fingerprint density at radius 1 is 1.06 bits per heavy atom. The van der Waals surface area contributed by atoms with Crippen LogP contribution in [0.25, 0.3) is 11.1 Å². The van der Waals surface area contributed by atoms with Gasteiger partial charge in [0.05, 0.1) is 16.4 Å². The summed E-state index contributed by atoms with van der Waals surface area (Å²) in [4.78, 5) is 30.2. The summed E-state index contributed by atoms with van der Waals surface area (Å²) in [5, 5.41) is 11.7. The first-order valence-corrected chi connectivity index (χ1v) is 14.5. The van der Waals surface area contributed by atoms with E-state index in [1.54, 1.807) is 12.1 Å². The molecule has 36 heavy (non-hydrogen) atoms. The van der Waals surface area contributed by atoms with Crippen molar-refractivity contribution in [2.75, 3.05) is 26.0 Å². The maximum absolute atomic E-state index is 12.7. The molecular formula is C26H33N3O6S. The highest BCUT2D eigenvalue weighted by molar-refractivity contribution is 7.90. The van der Waals surface area contributed by atoms with Crippen LogP contribution in [-0.2, 0) is 14.6 Å². The standard InChI is InChI=1S/C26H33N3O6S/c1-36(33,34)23-9-7-21(8-10-23)22-16-24(29(31)32)26(27-17-22)35-18-20-11-13-28(14-12-20)25(30)15-19-5-3-2-4-6-19/h7-10,16-17,19-20H,2-6,11-15,18H2,1H3. The van der Waals surface area contributed by atoms with E-state index in [0.29, 0.717) is 43.2 Å². The third-order valence-electron chi connectivity index (χ3n) is 7.26. The fourth-order valence-electron chi connectivity index (χ4n) is 5.05. The Morgan fingerprint density at radius 2 is 1.72 bits per heavy atom. The first-order valence-electron chi connectivity index (χ1n) is 12.6. The van der Waals surface area contributed by atoms with E-state index < -0.39 is 14.8 Å². The lowest BCUT2D eigenvalue weighted by molar-refractivity contribution is -0.386. The average molecular weight is 516 g/mol. The Hall–Kier alpha value is -3.01. The molecule has 0 N–H and O–H groups in total. The Labute approximate surface area is 211 Å². The van der Waals surface area contributed by atoms with Crippen molar-refractivity contribution in [1.82, 2.24) is 9.88 Å². The van der Waals surface area contributed by atoms with Crippen LogP contribution in [0.3, 0.4) is 0 Å². The summed E-state index contributed by atoms with van der Waals surface area (Å²) in [6.07, 6.45) is 10.9. The topological polar surface area (TPSA) is 120 Å². The minimum atomic E-state index is -3.33. The monoisotopic (exact) mass is 515 g/mol. The number of hydrogen-bond donors (Lipinski definition) is 0. The fourth-order valence-corrected chi connectivity index (χ4v) is 5.68. The second-order valence-electron chi connectivity index (χ2n) is 9.95. The van der Waals surface area contributed by atoms with Crippen LogP contribution in [0.1, 0.15) is 51.4 Å². The van der Waals surface area contributed by atoms with Crippen molar-refractivity contribution in [1.29, 1.82) is 0 Å². The Bertz CT molecular complexity index is 1180. The third kappa shape index (κ3) is 6.60. The number of aromatic nitrogens is 1. The number of hydrogen-bond acceptors (Lipinski definition) is 7. The molecule has 4 rings (SSSR count). The van der Waals surface area contributed by atoms with Gasteiger partial charge in [-0.15, -0.1) is 0 Å². The number of carbonyl (C=O) groups excluding carboxylic acids is 1. The fraction of sp³-hybridized carbons (Fsp3) is 0.538. The largest absolute Gasteiger partial charge is 0.473 e. The van der Waals surface area contributed by atoms with E-state index in [0.717, 1.165) is 31.9 Å². The minimum absolute atomic E-state index is 0.0349. The number of sulfone groups is 1. The molecule has 1 aromatic carbocycles. The van der Waals surface area contributed by atoms with Crippen LogP contribution >= 0.6 is 0 Å². The SMILES string of the molecule is CS(=O)(=O)c1ccc(-c2cnc(OCC3CCN(C(=O)CC4CCCCC4)CC3)c([N+](=O)[O-])c2)cc1. The molecule has 10 heteroatoms. The summed E-state index contributed by atoms with van der Waals surface area (Å²) in [5.74, 6) is 0.943. The smallest absolute Gasteiger partial charge is 0.331 e. The summed E-state index contributed by atoms with van der Waals surface area (Å²) in [6.45, 7) is 1.69. The van der Waals surface area contributed by atoms with Gasteiger partial charge < -0.3 is 9.64 Å². The maximum Gasteiger partial charge on any atom is 0.331 e. The quantitative estimate of drug-likeness (QED) is 0.371. The Kier molecular flexibility index (Phi) is 8.23. The van der Waals surface area contributed by atoms with Gasteiger partial charge in [0, 0.05) is 43.6 Å². The highest BCUT2D eigenvalue weighted by atomic mass is 32.2. The number of ether oxygens (including phenoxy) is 1. The number of likely N-dealkylation sites (tertiary alicyclic amines) is 1. The summed E-state index contributed by atoms with van der Waals surface area (Å²) in [5.41, 5.74) is 0.883. The van der Waals surface area contributed by atoms with Crippen LogP contribution < -0.4 is 4.74 Å². The van der Waals surface area contributed by atoms with Gasteiger partial charge in [0.15, 0.2) is 9.84 Å². The lowest BCUT2D eigenvalue weighted by atomic mass is 9.86. The second kappa shape index (κ2) is 11.4. The number of rotatable bonds is 8. The van der Waals surface area contributed by atoms with Gasteiger partial charge in [-0.25, -0.2) is 13.4 Å². The lowest BCUT2D eigenvalue weighted by Crippen LogP contribution is -2.40. The highest BCUT2D eigenvalue weighted by Crippen LogP contribution is 2.32. The maximum atomic E-state index is 12.7. The van der Waals surface area contributed by atoms with Gasteiger partial charge in [0.2, 0.25) is 5.91 Å².